The Morgan fingerprint density at radius 2 is 2.24 bits per heavy atom. The monoisotopic (exact) mass is 308 g/mol. The molecule has 1 unspecified atom stereocenters. The number of nitrogens with zero attached hydrogens (tertiary/aromatic N) is 1. The van der Waals surface area contributed by atoms with Crippen LogP contribution in [-0.2, 0) is 9.59 Å². The molecule has 0 aromatic heterocycles. The average Bonchev–Trinajstić information content (AvgIpc) is 2.95. The van der Waals surface area contributed by atoms with Gasteiger partial charge in [-0.25, -0.2) is 4.79 Å². The molecule has 21 heavy (non-hydrogen) atoms. The van der Waals surface area contributed by atoms with Gasteiger partial charge in [0.2, 0.25) is 0 Å². The summed E-state index contributed by atoms with van der Waals surface area (Å²) in [4.78, 5) is 36.2. The molecule has 1 saturated heterocycles. The first kappa shape index (κ1) is 13.7. The lowest BCUT2D eigenvalue weighted by molar-refractivity contribution is -0.140. The number of anilines is 1. The molecule has 0 radical (unpaired) electrons. The summed E-state index contributed by atoms with van der Waals surface area (Å²) in [6.45, 7) is -0.0514. The van der Waals surface area contributed by atoms with Crippen molar-refractivity contribution in [3.8, 4) is 5.75 Å². The Morgan fingerprint density at radius 3 is 3.00 bits per heavy atom. The van der Waals surface area contributed by atoms with Crippen molar-refractivity contribution < 1.29 is 24.2 Å². The van der Waals surface area contributed by atoms with Crippen LogP contribution in [-0.4, -0.2) is 52.1 Å². The quantitative estimate of drug-likeness (QED) is 0.831. The number of carbonyl (C=O) groups excluding carboxylic acids is 2. The van der Waals surface area contributed by atoms with Crippen LogP contribution < -0.4 is 10.1 Å². The number of thioether (sulfide) groups is 1. The first-order valence-corrected chi connectivity index (χ1v) is 7.40. The number of hydrogen-bond acceptors (Lipinski definition) is 5. The van der Waals surface area contributed by atoms with Gasteiger partial charge in [0.25, 0.3) is 11.8 Å². The molecule has 1 atom stereocenters. The number of benzene rings is 1. The zero-order valence-electron chi connectivity index (χ0n) is 10.9. The van der Waals surface area contributed by atoms with E-state index in [9.17, 15) is 14.4 Å². The van der Waals surface area contributed by atoms with Crippen molar-refractivity contribution in [2.45, 2.75) is 6.04 Å². The molecule has 0 saturated carbocycles. The number of rotatable bonds is 2. The summed E-state index contributed by atoms with van der Waals surface area (Å²) in [5.74, 6) is -0.441. The first-order chi connectivity index (χ1) is 10.1. The highest BCUT2D eigenvalue weighted by atomic mass is 32.2. The van der Waals surface area contributed by atoms with Crippen LogP contribution >= 0.6 is 11.8 Å². The van der Waals surface area contributed by atoms with Crippen molar-refractivity contribution in [1.29, 1.82) is 0 Å². The first-order valence-electron chi connectivity index (χ1n) is 6.24. The van der Waals surface area contributed by atoms with Crippen molar-refractivity contribution in [3.63, 3.8) is 0 Å². The third kappa shape index (κ3) is 2.54. The van der Waals surface area contributed by atoms with Crippen LogP contribution in [0, 0.1) is 0 Å². The van der Waals surface area contributed by atoms with Crippen molar-refractivity contribution in [2.75, 3.05) is 23.6 Å². The Labute approximate surface area is 124 Å². The topological polar surface area (TPSA) is 95.9 Å². The number of fused-ring (bicyclic) bond motifs is 1. The molecule has 2 amide bonds. The third-order valence-electron chi connectivity index (χ3n) is 3.29. The van der Waals surface area contributed by atoms with Crippen molar-refractivity contribution in [3.05, 3.63) is 23.8 Å². The lowest BCUT2D eigenvalue weighted by Gasteiger charge is -2.22. The van der Waals surface area contributed by atoms with E-state index in [2.05, 4.69) is 5.32 Å². The van der Waals surface area contributed by atoms with Gasteiger partial charge in [0.15, 0.2) is 6.61 Å². The molecule has 2 aliphatic heterocycles. The largest absolute Gasteiger partial charge is 0.482 e. The van der Waals surface area contributed by atoms with Crippen LogP contribution in [0.2, 0.25) is 0 Å². The van der Waals surface area contributed by atoms with Gasteiger partial charge in [-0.1, -0.05) is 0 Å². The number of aliphatic carboxylic acids is 1. The molecule has 7 nitrogen and oxygen atoms in total. The summed E-state index contributed by atoms with van der Waals surface area (Å²) < 4.78 is 5.22. The Bertz CT molecular complexity index is 633. The van der Waals surface area contributed by atoms with Gasteiger partial charge < -0.3 is 20.1 Å². The molecule has 1 fully saturated rings. The maximum atomic E-state index is 12.4. The highest BCUT2D eigenvalue weighted by Crippen LogP contribution is 2.30. The van der Waals surface area contributed by atoms with Crippen LogP contribution in [0.3, 0.4) is 0 Å². The molecule has 2 heterocycles. The fourth-order valence-electron chi connectivity index (χ4n) is 2.23. The summed E-state index contributed by atoms with van der Waals surface area (Å²) in [6, 6.07) is 3.86. The molecule has 0 spiro atoms. The van der Waals surface area contributed by atoms with E-state index >= 15 is 0 Å². The minimum atomic E-state index is -1.01. The highest BCUT2D eigenvalue weighted by Gasteiger charge is 2.35. The predicted octanol–water partition coefficient (Wildman–Crippen LogP) is 0.617. The van der Waals surface area contributed by atoms with Gasteiger partial charge in [0, 0.05) is 11.3 Å². The van der Waals surface area contributed by atoms with Gasteiger partial charge in [0.1, 0.15) is 11.8 Å². The molecule has 3 rings (SSSR count). The summed E-state index contributed by atoms with van der Waals surface area (Å²) in [5, 5.41) is 11.7. The van der Waals surface area contributed by atoms with Crippen LogP contribution in [0.4, 0.5) is 5.69 Å². The normalized spacial score (nSPS) is 20.5. The van der Waals surface area contributed by atoms with Crippen LogP contribution in [0.1, 0.15) is 10.4 Å². The summed E-state index contributed by atoms with van der Waals surface area (Å²) in [7, 11) is 0. The van der Waals surface area contributed by atoms with Gasteiger partial charge >= 0.3 is 5.97 Å². The fraction of sp³-hybridized carbons (Fsp3) is 0.308. The Hall–Kier alpha value is -2.22. The molecule has 0 aliphatic carbocycles. The molecule has 110 valence electrons. The standard InChI is InChI=1S/C13H12N2O5S/c16-11-4-20-10-2-1-7(3-8(10)14-11)12(17)15-6-21-5-9(15)13(18)19/h1-3,9H,4-6H2,(H,14,16)(H,18,19). The van der Waals surface area contributed by atoms with Crippen LogP contribution in [0.15, 0.2) is 18.2 Å². The number of carboxylic acid groups (broad SMARTS) is 1. The minimum absolute atomic E-state index is 0.0514. The minimum Gasteiger partial charge on any atom is -0.482 e. The Morgan fingerprint density at radius 1 is 1.43 bits per heavy atom. The smallest absolute Gasteiger partial charge is 0.327 e. The van der Waals surface area contributed by atoms with Crippen molar-refractivity contribution in [1.82, 2.24) is 4.90 Å². The average molecular weight is 308 g/mol. The molecular weight excluding hydrogens is 296 g/mol. The molecule has 1 aromatic carbocycles. The molecule has 0 bridgehead atoms. The summed E-state index contributed by atoms with van der Waals surface area (Å²) in [6.07, 6.45) is 0. The lowest BCUT2D eigenvalue weighted by atomic mass is 10.1. The van der Waals surface area contributed by atoms with E-state index in [0.717, 1.165) is 0 Å². The van der Waals surface area contributed by atoms with Gasteiger partial charge in [0.05, 0.1) is 11.6 Å². The fourth-order valence-corrected chi connectivity index (χ4v) is 3.37. The lowest BCUT2D eigenvalue weighted by Crippen LogP contribution is -2.41. The zero-order chi connectivity index (χ0) is 15.0. The molecule has 2 N–H and O–H groups in total. The number of carbonyl (C=O) groups is 3. The molecule has 8 heteroatoms. The summed E-state index contributed by atoms with van der Waals surface area (Å²) >= 11 is 1.40. The van der Waals surface area contributed by atoms with Gasteiger partial charge in [-0.15, -0.1) is 11.8 Å². The predicted molar refractivity (Wildman–Crippen MR) is 75.5 cm³/mol. The number of ether oxygens (including phenoxy) is 1. The van der Waals surface area contributed by atoms with Crippen molar-refractivity contribution >= 4 is 35.2 Å². The van der Waals surface area contributed by atoms with E-state index in [0.29, 0.717) is 28.6 Å². The maximum absolute atomic E-state index is 12.4. The van der Waals surface area contributed by atoms with Crippen LogP contribution in [0.25, 0.3) is 0 Å². The Kier molecular flexibility index (Phi) is 3.46. The zero-order valence-corrected chi connectivity index (χ0v) is 11.7. The summed E-state index contributed by atoms with van der Waals surface area (Å²) in [5.41, 5.74) is 0.754. The number of carboxylic acids is 1. The van der Waals surface area contributed by atoms with Gasteiger partial charge in [-0.3, -0.25) is 9.59 Å². The Balaban J connectivity index is 1.87. The van der Waals surface area contributed by atoms with E-state index in [1.54, 1.807) is 12.1 Å². The second-order valence-electron chi connectivity index (χ2n) is 4.68. The molecule has 1 aromatic rings. The van der Waals surface area contributed by atoms with E-state index in [1.165, 1.54) is 22.7 Å². The van der Waals surface area contributed by atoms with Gasteiger partial charge in [-0.2, -0.15) is 0 Å². The van der Waals surface area contributed by atoms with E-state index in [-0.39, 0.29) is 18.4 Å². The number of amides is 2. The second-order valence-corrected chi connectivity index (χ2v) is 5.68. The maximum Gasteiger partial charge on any atom is 0.327 e. The number of hydrogen-bond donors (Lipinski definition) is 2. The molecular formula is C13H12N2O5S. The van der Waals surface area contributed by atoms with Crippen LogP contribution in [0.5, 0.6) is 5.75 Å². The van der Waals surface area contributed by atoms with Crippen molar-refractivity contribution in [2.24, 2.45) is 0 Å². The second kappa shape index (κ2) is 5.28. The van der Waals surface area contributed by atoms with E-state index in [1.807, 2.05) is 0 Å². The van der Waals surface area contributed by atoms with E-state index in [4.69, 9.17) is 9.84 Å². The molecule has 2 aliphatic rings. The SMILES string of the molecule is O=C1COc2ccc(C(=O)N3CSCC3C(=O)O)cc2N1. The highest BCUT2D eigenvalue weighted by molar-refractivity contribution is 7.99. The van der Waals surface area contributed by atoms with E-state index < -0.39 is 12.0 Å². The third-order valence-corrected chi connectivity index (χ3v) is 4.30. The van der Waals surface area contributed by atoms with Gasteiger partial charge in [-0.05, 0) is 18.2 Å². The number of nitrogens with one attached hydrogen (secondary N) is 1.